The average molecular weight is 268 g/mol. The molecule has 82 valence electrons. The fourth-order valence-electron chi connectivity index (χ4n) is 1.60. The third-order valence-electron chi connectivity index (χ3n) is 2.40. The minimum atomic E-state index is -0.0106. The van der Waals surface area contributed by atoms with Crippen LogP contribution in [0.1, 0.15) is 11.8 Å². The molecule has 2 nitrogen and oxygen atoms in total. The fraction of sp³-hybridized carbons (Fsp3) is 0.400. The SMILES string of the molecule is ClC[C@@H]1C[NH2+][C@H](c2ccc(Cl)c(Cl)c2)O1. The van der Waals surface area contributed by atoms with Crippen LogP contribution in [0, 0.1) is 0 Å². The van der Waals surface area contributed by atoms with Crippen LogP contribution in [0.4, 0.5) is 0 Å². The maximum Gasteiger partial charge on any atom is 0.217 e. The van der Waals surface area contributed by atoms with E-state index in [1.165, 1.54) is 0 Å². The third-order valence-corrected chi connectivity index (χ3v) is 3.48. The summed E-state index contributed by atoms with van der Waals surface area (Å²) in [6, 6.07) is 5.54. The van der Waals surface area contributed by atoms with Gasteiger partial charge in [0.15, 0.2) is 0 Å². The molecule has 1 fully saturated rings. The quantitative estimate of drug-likeness (QED) is 0.817. The van der Waals surface area contributed by atoms with E-state index in [4.69, 9.17) is 39.5 Å². The molecule has 0 aromatic heterocycles. The van der Waals surface area contributed by atoms with Gasteiger partial charge < -0.3 is 10.1 Å². The molecule has 0 aliphatic carbocycles. The maximum atomic E-state index is 5.94. The molecule has 5 heteroatoms. The number of quaternary nitrogens is 1. The van der Waals surface area contributed by atoms with Gasteiger partial charge in [0.05, 0.1) is 15.9 Å². The standard InChI is InChI=1S/C10H10Cl3NO/c11-4-7-5-14-10(15-7)6-1-2-8(12)9(13)3-6/h1-3,7,10,14H,4-5H2/p+1/t7-,10+/m1/s1. The highest BCUT2D eigenvalue weighted by molar-refractivity contribution is 6.42. The van der Waals surface area contributed by atoms with Crippen LogP contribution in [0.2, 0.25) is 10.0 Å². The zero-order valence-corrected chi connectivity index (χ0v) is 10.2. The molecule has 15 heavy (non-hydrogen) atoms. The minimum Gasteiger partial charge on any atom is -0.315 e. The van der Waals surface area contributed by atoms with Crippen LogP contribution in [0.5, 0.6) is 0 Å². The Balaban J connectivity index is 2.13. The number of alkyl halides is 1. The van der Waals surface area contributed by atoms with Gasteiger partial charge in [0.2, 0.25) is 6.23 Å². The van der Waals surface area contributed by atoms with E-state index in [-0.39, 0.29) is 12.3 Å². The Labute approximate surface area is 103 Å². The highest BCUT2D eigenvalue weighted by Gasteiger charge is 2.29. The fourth-order valence-corrected chi connectivity index (χ4v) is 2.10. The first kappa shape index (κ1) is 11.5. The summed E-state index contributed by atoms with van der Waals surface area (Å²) in [5, 5.41) is 3.22. The van der Waals surface area contributed by atoms with E-state index in [0.29, 0.717) is 15.9 Å². The van der Waals surface area contributed by atoms with Gasteiger partial charge in [-0.2, -0.15) is 0 Å². The summed E-state index contributed by atoms with van der Waals surface area (Å²) in [5.41, 5.74) is 1.03. The monoisotopic (exact) mass is 266 g/mol. The molecule has 2 rings (SSSR count). The second-order valence-electron chi connectivity index (χ2n) is 3.48. The van der Waals surface area contributed by atoms with Crippen LogP contribution < -0.4 is 5.32 Å². The molecule has 1 heterocycles. The Morgan fingerprint density at radius 1 is 1.33 bits per heavy atom. The van der Waals surface area contributed by atoms with E-state index in [1.807, 2.05) is 12.1 Å². The summed E-state index contributed by atoms with van der Waals surface area (Å²) < 4.78 is 5.70. The maximum absolute atomic E-state index is 5.94. The molecule has 2 atom stereocenters. The molecule has 0 unspecified atom stereocenters. The second-order valence-corrected chi connectivity index (χ2v) is 4.60. The Hall–Kier alpha value is 0.01000. The molecule has 0 radical (unpaired) electrons. The van der Waals surface area contributed by atoms with E-state index < -0.39 is 0 Å². The van der Waals surface area contributed by atoms with Gasteiger partial charge in [-0.3, -0.25) is 0 Å². The van der Waals surface area contributed by atoms with Crippen molar-refractivity contribution in [1.82, 2.24) is 0 Å². The molecule has 0 spiro atoms. The smallest absolute Gasteiger partial charge is 0.217 e. The van der Waals surface area contributed by atoms with Gasteiger partial charge in [-0.15, -0.1) is 11.6 Å². The number of benzene rings is 1. The molecule has 1 aromatic rings. The van der Waals surface area contributed by atoms with Crippen molar-refractivity contribution in [3.8, 4) is 0 Å². The zero-order chi connectivity index (χ0) is 10.8. The number of ether oxygens (including phenoxy) is 1. The van der Waals surface area contributed by atoms with Gasteiger partial charge >= 0.3 is 0 Å². The first-order chi connectivity index (χ1) is 7.20. The highest BCUT2D eigenvalue weighted by atomic mass is 35.5. The van der Waals surface area contributed by atoms with Crippen molar-refractivity contribution in [1.29, 1.82) is 0 Å². The van der Waals surface area contributed by atoms with Crippen LogP contribution in [-0.2, 0) is 4.74 Å². The first-order valence-corrected chi connectivity index (χ1v) is 5.99. The van der Waals surface area contributed by atoms with Crippen molar-refractivity contribution in [2.24, 2.45) is 0 Å². The largest absolute Gasteiger partial charge is 0.315 e. The van der Waals surface area contributed by atoms with E-state index in [0.717, 1.165) is 12.1 Å². The lowest BCUT2D eigenvalue weighted by atomic mass is 10.2. The van der Waals surface area contributed by atoms with Crippen LogP contribution in [-0.4, -0.2) is 18.5 Å². The van der Waals surface area contributed by atoms with Gasteiger partial charge in [-0.25, -0.2) is 0 Å². The lowest BCUT2D eigenvalue weighted by molar-refractivity contribution is -0.697. The number of halogens is 3. The number of hydrogen-bond donors (Lipinski definition) is 1. The van der Waals surface area contributed by atoms with Gasteiger partial charge in [-0.1, -0.05) is 23.2 Å². The van der Waals surface area contributed by atoms with Crippen LogP contribution in [0.15, 0.2) is 18.2 Å². The van der Waals surface area contributed by atoms with Crippen LogP contribution in [0.3, 0.4) is 0 Å². The number of hydrogen-bond acceptors (Lipinski definition) is 1. The minimum absolute atomic E-state index is 0.0106. The van der Waals surface area contributed by atoms with Crippen molar-refractivity contribution in [2.75, 3.05) is 12.4 Å². The zero-order valence-electron chi connectivity index (χ0n) is 7.92. The van der Waals surface area contributed by atoms with Gasteiger partial charge in [-0.05, 0) is 18.2 Å². The van der Waals surface area contributed by atoms with Crippen LogP contribution >= 0.6 is 34.8 Å². The molecule has 1 aromatic carbocycles. The molecule has 2 N–H and O–H groups in total. The summed E-state index contributed by atoms with van der Waals surface area (Å²) in [6.07, 6.45) is 0.106. The Bertz CT molecular complexity index is 359. The Kier molecular flexibility index (Phi) is 3.75. The van der Waals surface area contributed by atoms with Crippen molar-refractivity contribution >= 4 is 34.8 Å². The summed E-state index contributed by atoms with van der Waals surface area (Å²) in [4.78, 5) is 0. The van der Waals surface area contributed by atoms with Gasteiger partial charge in [0.25, 0.3) is 0 Å². The molecule has 0 bridgehead atoms. The van der Waals surface area contributed by atoms with E-state index >= 15 is 0 Å². The first-order valence-electron chi connectivity index (χ1n) is 4.70. The van der Waals surface area contributed by atoms with Gasteiger partial charge in [0.1, 0.15) is 12.6 Å². The lowest BCUT2D eigenvalue weighted by Gasteiger charge is -2.08. The Morgan fingerprint density at radius 3 is 2.73 bits per heavy atom. The predicted molar refractivity (Wildman–Crippen MR) is 61.6 cm³/mol. The molecule has 1 aliphatic rings. The number of rotatable bonds is 2. The molecule has 0 amide bonds. The van der Waals surface area contributed by atoms with E-state index in [1.54, 1.807) is 6.07 Å². The number of nitrogens with two attached hydrogens (primary N) is 1. The second kappa shape index (κ2) is 4.89. The molecular formula is C10H11Cl3NO+. The third kappa shape index (κ3) is 2.58. The topological polar surface area (TPSA) is 25.8 Å². The van der Waals surface area contributed by atoms with E-state index in [9.17, 15) is 0 Å². The summed E-state index contributed by atoms with van der Waals surface area (Å²) in [6.45, 7) is 0.883. The van der Waals surface area contributed by atoms with Gasteiger partial charge in [0, 0.05) is 5.56 Å². The Morgan fingerprint density at radius 2 is 2.13 bits per heavy atom. The van der Waals surface area contributed by atoms with Crippen molar-refractivity contribution in [2.45, 2.75) is 12.3 Å². The lowest BCUT2D eigenvalue weighted by Crippen LogP contribution is -2.82. The molecule has 1 saturated heterocycles. The molecule has 1 aliphatic heterocycles. The predicted octanol–water partition coefficient (Wildman–Crippen LogP) is 2.19. The van der Waals surface area contributed by atoms with Crippen molar-refractivity contribution < 1.29 is 10.1 Å². The van der Waals surface area contributed by atoms with Crippen molar-refractivity contribution in [3.05, 3.63) is 33.8 Å². The van der Waals surface area contributed by atoms with Crippen LogP contribution in [0.25, 0.3) is 0 Å². The summed E-state index contributed by atoms with van der Waals surface area (Å²) >= 11 is 17.5. The highest BCUT2D eigenvalue weighted by Crippen LogP contribution is 2.26. The molecular weight excluding hydrogens is 256 g/mol. The van der Waals surface area contributed by atoms with E-state index in [2.05, 4.69) is 5.32 Å². The average Bonchev–Trinajstić information content (AvgIpc) is 2.70. The normalized spacial score (nSPS) is 25.8. The molecule has 0 saturated carbocycles. The summed E-state index contributed by atoms with van der Waals surface area (Å²) in [7, 11) is 0. The van der Waals surface area contributed by atoms with Crippen molar-refractivity contribution in [3.63, 3.8) is 0 Å². The summed E-state index contributed by atoms with van der Waals surface area (Å²) in [5.74, 6) is 0.522.